The molecule has 0 spiro atoms. The molecule has 0 aliphatic rings. The number of nitrogens with zero attached hydrogens (tertiary/aromatic N) is 3. The molecule has 1 heterocycles. The van der Waals surface area contributed by atoms with Crippen LogP contribution in [-0.4, -0.2) is 27.1 Å². The fourth-order valence-electron chi connectivity index (χ4n) is 3.41. The van der Waals surface area contributed by atoms with Gasteiger partial charge in [0.1, 0.15) is 18.2 Å². The fraction of sp³-hybridized carbons (Fsp3) is 0.0741. The topological polar surface area (TPSA) is 66.3 Å². The van der Waals surface area contributed by atoms with Gasteiger partial charge in [0.25, 0.3) is 0 Å². The highest BCUT2D eigenvalue weighted by molar-refractivity contribution is 5.82. The van der Waals surface area contributed by atoms with Crippen molar-refractivity contribution in [1.29, 1.82) is 0 Å². The summed E-state index contributed by atoms with van der Waals surface area (Å²) < 4.78 is 0. The van der Waals surface area contributed by atoms with Crippen LogP contribution in [0.5, 0.6) is 0 Å². The first-order valence-corrected chi connectivity index (χ1v) is 10.3. The number of benzene rings is 3. The molecule has 158 valence electrons. The number of rotatable bonds is 7. The SMILES string of the molecule is C[C@@H](C(=O)O)N(c1ccccc1)c1cc(-c2ccc(C=Cc3ccccc3)cc2)ncn1. The number of carboxylic acid groups (broad SMARTS) is 1. The van der Waals surface area contributed by atoms with Crippen molar-refractivity contribution in [3.05, 3.63) is 108 Å². The normalized spacial score (nSPS) is 11.9. The molecule has 32 heavy (non-hydrogen) atoms. The van der Waals surface area contributed by atoms with Gasteiger partial charge in [0, 0.05) is 17.3 Å². The van der Waals surface area contributed by atoms with Crippen molar-refractivity contribution in [2.45, 2.75) is 13.0 Å². The summed E-state index contributed by atoms with van der Waals surface area (Å²) >= 11 is 0. The monoisotopic (exact) mass is 421 g/mol. The van der Waals surface area contributed by atoms with E-state index in [9.17, 15) is 9.90 Å². The van der Waals surface area contributed by atoms with Crippen LogP contribution in [-0.2, 0) is 4.79 Å². The molecule has 4 aromatic rings. The van der Waals surface area contributed by atoms with Gasteiger partial charge < -0.3 is 10.0 Å². The van der Waals surface area contributed by atoms with Gasteiger partial charge in [-0.15, -0.1) is 0 Å². The van der Waals surface area contributed by atoms with Crippen LogP contribution in [0.4, 0.5) is 11.5 Å². The first-order valence-electron chi connectivity index (χ1n) is 10.3. The Kier molecular flexibility index (Phi) is 6.37. The van der Waals surface area contributed by atoms with E-state index in [2.05, 4.69) is 34.3 Å². The number of carbonyl (C=O) groups is 1. The Hall–Kier alpha value is -4.25. The lowest BCUT2D eigenvalue weighted by molar-refractivity contribution is -0.138. The van der Waals surface area contributed by atoms with Crippen molar-refractivity contribution in [2.24, 2.45) is 0 Å². The van der Waals surface area contributed by atoms with Gasteiger partial charge in [0.15, 0.2) is 0 Å². The van der Waals surface area contributed by atoms with Crippen LogP contribution in [0, 0.1) is 0 Å². The summed E-state index contributed by atoms with van der Waals surface area (Å²) in [5.74, 6) is -0.396. The third-order valence-corrected chi connectivity index (χ3v) is 5.15. The summed E-state index contributed by atoms with van der Waals surface area (Å²) in [6, 6.07) is 28.6. The molecule has 0 saturated heterocycles. The highest BCUT2D eigenvalue weighted by atomic mass is 16.4. The molecule has 0 fully saturated rings. The van der Waals surface area contributed by atoms with Crippen LogP contribution in [0.1, 0.15) is 18.1 Å². The number of aromatic nitrogens is 2. The molecule has 4 rings (SSSR count). The second-order valence-corrected chi connectivity index (χ2v) is 7.35. The van der Waals surface area contributed by atoms with Crippen molar-refractivity contribution < 1.29 is 9.90 Å². The molecular weight excluding hydrogens is 398 g/mol. The molecule has 1 aromatic heterocycles. The lowest BCUT2D eigenvalue weighted by Crippen LogP contribution is -2.36. The zero-order valence-electron chi connectivity index (χ0n) is 17.7. The van der Waals surface area contributed by atoms with Crippen molar-refractivity contribution in [3.8, 4) is 11.3 Å². The second kappa shape index (κ2) is 9.71. The van der Waals surface area contributed by atoms with Crippen LogP contribution in [0.25, 0.3) is 23.4 Å². The number of hydrogen-bond donors (Lipinski definition) is 1. The second-order valence-electron chi connectivity index (χ2n) is 7.35. The number of hydrogen-bond acceptors (Lipinski definition) is 4. The molecule has 5 heteroatoms. The Labute approximate surface area is 187 Å². The van der Waals surface area contributed by atoms with Crippen molar-refractivity contribution >= 4 is 29.6 Å². The van der Waals surface area contributed by atoms with E-state index in [-0.39, 0.29) is 0 Å². The van der Waals surface area contributed by atoms with Crippen molar-refractivity contribution in [2.75, 3.05) is 4.90 Å². The zero-order valence-corrected chi connectivity index (χ0v) is 17.7. The van der Waals surface area contributed by atoms with E-state index in [0.717, 1.165) is 28.1 Å². The van der Waals surface area contributed by atoms with Crippen LogP contribution in [0.15, 0.2) is 97.3 Å². The summed E-state index contributed by atoms with van der Waals surface area (Å²) in [5, 5.41) is 9.63. The van der Waals surface area contributed by atoms with Crippen molar-refractivity contribution in [1.82, 2.24) is 9.97 Å². The Morgan fingerprint density at radius 3 is 2.06 bits per heavy atom. The lowest BCUT2D eigenvalue weighted by atomic mass is 10.1. The molecule has 0 aliphatic carbocycles. The molecule has 0 aliphatic heterocycles. The lowest BCUT2D eigenvalue weighted by Gasteiger charge is -2.27. The van der Waals surface area contributed by atoms with Crippen LogP contribution in [0.3, 0.4) is 0 Å². The number of para-hydroxylation sites is 1. The molecule has 1 N–H and O–H groups in total. The summed E-state index contributed by atoms with van der Waals surface area (Å²) in [6.45, 7) is 1.64. The number of aliphatic carboxylic acids is 1. The van der Waals surface area contributed by atoms with Gasteiger partial charge in [-0.3, -0.25) is 0 Å². The van der Waals surface area contributed by atoms with Gasteiger partial charge in [-0.05, 0) is 30.2 Å². The van der Waals surface area contributed by atoms with E-state index in [1.807, 2.05) is 78.9 Å². The minimum atomic E-state index is -0.927. The molecular formula is C27H23N3O2. The molecule has 0 amide bonds. The van der Waals surface area contributed by atoms with Gasteiger partial charge in [-0.1, -0.05) is 84.9 Å². The van der Waals surface area contributed by atoms with Gasteiger partial charge in [-0.25, -0.2) is 14.8 Å². The van der Waals surface area contributed by atoms with E-state index in [0.29, 0.717) is 5.82 Å². The predicted molar refractivity (Wildman–Crippen MR) is 129 cm³/mol. The maximum Gasteiger partial charge on any atom is 0.326 e. The summed E-state index contributed by atoms with van der Waals surface area (Å²) in [6.07, 6.45) is 5.61. The van der Waals surface area contributed by atoms with Crippen LogP contribution in [0.2, 0.25) is 0 Å². The Morgan fingerprint density at radius 1 is 0.844 bits per heavy atom. The molecule has 3 aromatic carbocycles. The van der Waals surface area contributed by atoms with Gasteiger partial charge >= 0.3 is 5.97 Å². The molecule has 0 radical (unpaired) electrons. The highest BCUT2D eigenvalue weighted by Crippen LogP contribution is 2.29. The minimum absolute atomic E-state index is 0.532. The average molecular weight is 422 g/mol. The highest BCUT2D eigenvalue weighted by Gasteiger charge is 2.24. The van der Waals surface area contributed by atoms with E-state index < -0.39 is 12.0 Å². The zero-order chi connectivity index (χ0) is 22.3. The number of anilines is 2. The predicted octanol–water partition coefficient (Wildman–Crippen LogP) is 5.93. The third kappa shape index (κ3) is 4.90. The molecule has 1 atom stereocenters. The van der Waals surface area contributed by atoms with Crippen LogP contribution < -0.4 is 4.90 Å². The van der Waals surface area contributed by atoms with E-state index in [1.54, 1.807) is 11.8 Å². The maximum absolute atomic E-state index is 11.8. The Bertz CT molecular complexity index is 1210. The van der Waals surface area contributed by atoms with Gasteiger partial charge in [0.2, 0.25) is 0 Å². The number of carboxylic acids is 1. The molecule has 0 bridgehead atoms. The summed E-state index contributed by atoms with van der Waals surface area (Å²) in [7, 11) is 0. The minimum Gasteiger partial charge on any atom is -0.480 e. The standard InChI is InChI=1S/C27H23N3O2/c1-20(27(31)32)30(24-10-6-3-7-11-24)26-18-25(28-19-29-26)23-16-14-22(15-17-23)13-12-21-8-4-2-5-9-21/h2-20H,1H3,(H,31,32)/t20-/m0/s1. The first kappa shape index (κ1) is 21.0. The van der Waals surface area contributed by atoms with Gasteiger partial charge in [-0.2, -0.15) is 0 Å². The Balaban J connectivity index is 1.62. The largest absolute Gasteiger partial charge is 0.480 e. The summed E-state index contributed by atoms with van der Waals surface area (Å²) in [5.41, 5.74) is 4.64. The fourth-order valence-corrected chi connectivity index (χ4v) is 3.41. The van der Waals surface area contributed by atoms with Crippen LogP contribution >= 0.6 is 0 Å². The van der Waals surface area contributed by atoms with E-state index in [4.69, 9.17) is 0 Å². The third-order valence-electron chi connectivity index (χ3n) is 5.15. The van der Waals surface area contributed by atoms with E-state index in [1.165, 1.54) is 6.33 Å². The quantitative estimate of drug-likeness (QED) is 0.375. The van der Waals surface area contributed by atoms with Gasteiger partial charge in [0.05, 0.1) is 5.69 Å². The van der Waals surface area contributed by atoms with E-state index >= 15 is 0 Å². The first-order chi connectivity index (χ1) is 15.6. The molecule has 0 unspecified atom stereocenters. The molecule has 0 saturated carbocycles. The average Bonchev–Trinajstić information content (AvgIpc) is 2.85. The molecule has 5 nitrogen and oxygen atoms in total. The summed E-state index contributed by atoms with van der Waals surface area (Å²) in [4.78, 5) is 22.2. The maximum atomic E-state index is 11.8. The smallest absolute Gasteiger partial charge is 0.326 e. The van der Waals surface area contributed by atoms with Crippen molar-refractivity contribution in [3.63, 3.8) is 0 Å². The Morgan fingerprint density at radius 2 is 1.44 bits per heavy atom.